The number of pyridine rings is 8. The third kappa shape index (κ3) is 40.0. The van der Waals surface area contributed by atoms with Crippen LogP contribution in [0.3, 0.4) is 0 Å². The van der Waals surface area contributed by atoms with Crippen molar-refractivity contribution in [3.63, 3.8) is 0 Å². The van der Waals surface area contributed by atoms with Crippen LogP contribution in [0.1, 0.15) is 49.4 Å². The average Bonchev–Trinajstić information content (AvgIpc) is 0.889. The van der Waals surface area contributed by atoms with Gasteiger partial charge >= 0.3 is 0 Å². The molecule has 8 heterocycles. The van der Waals surface area contributed by atoms with E-state index in [4.69, 9.17) is 0 Å². The zero-order chi connectivity index (χ0) is 99.9. The van der Waals surface area contributed by atoms with Crippen LogP contribution in [0, 0.1) is 68.3 Å². The minimum absolute atomic E-state index is 0. The molecule has 0 aliphatic heterocycles. The van der Waals surface area contributed by atoms with Crippen molar-refractivity contribution in [1.29, 1.82) is 0 Å². The third-order valence-electron chi connectivity index (χ3n) is 23.0. The zero-order valence-corrected chi connectivity index (χ0v) is 106. The molecule has 8 aromatic carbocycles. The molecule has 0 amide bonds. The Morgan fingerprint density at radius 1 is 0.227 bits per heavy atom. The minimum atomic E-state index is -1.34. The van der Waals surface area contributed by atoms with E-state index < -0.39 is 64.6 Å². The molecule has 0 aliphatic rings. The van der Waals surface area contributed by atoms with Gasteiger partial charge in [0.1, 0.15) is 0 Å². The molecular weight excluding hydrogens is 2560 g/mol. The minimum Gasteiger partial charge on any atom is -0.305 e. The molecule has 0 saturated heterocycles. The Morgan fingerprint density at radius 2 is 0.454 bits per heavy atom. The second-order valence-electron chi connectivity index (χ2n) is 43.5. The molecule has 20 heteroatoms. The zero-order valence-electron chi connectivity index (χ0n) is 88.6. The summed E-state index contributed by atoms with van der Waals surface area (Å²) in [5, 5.41) is 11.7. The summed E-state index contributed by atoms with van der Waals surface area (Å²) in [7, 11) is -10.2. The van der Waals surface area contributed by atoms with Gasteiger partial charge in [-0.1, -0.05) is 279 Å². The van der Waals surface area contributed by atoms with E-state index in [0.29, 0.717) is 5.92 Å². The Kier molecular flexibility index (Phi) is 49.9. The fourth-order valence-electron chi connectivity index (χ4n) is 15.3. The normalized spacial score (nSPS) is 11.2. The molecule has 0 N–H and O–H groups in total. The standard InChI is InChI=1S/C18H24NSi.C17H22NSi.2C15H18NSi.4C14H16NSi.4Ir/c1-14(2)11-16-12-17(15-9-7-6-8-10-15)19-13-18(16)20(3,4)5;1-5-9-15-12-16(14-10-7-6-8-11-14)18-13-17(15)19(2,3)4;2*1-12-10-14(13-8-6-5-7-9-13)16-11-15(12)17(2,3)4;4*1-16(2,3)13-8-6-7-12(11-13)14-9-4-5-10-15-14;;;;/h6-9,12-14H,11H2,1-5H3;6-8,10,12-13H,5,9H2,1-4H3;2*5-8,10-11H,1-4H3;4*4-6,8-11H,1-3H3;;;;/q8*-1;;;;. The van der Waals surface area contributed by atoms with Crippen LogP contribution in [0.2, 0.25) is 157 Å². The first-order valence-electron chi connectivity index (χ1n) is 48.2. The number of aryl methyl sites for hydroxylation is 3. The summed E-state index contributed by atoms with van der Waals surface area (Å²) in [5.74, 6) is 0.667. The molecule has 746 valence electrons. The monoisotopic (exact) mass is 2710 g/mol. The van der Waals surface area contributed by atoms with Crippen LogP contribution in [-0.2, 0) is 93.3 Å². The molecule has 0 saturated carbocycles. The van der Waals surface area contributed by atoms with Crippen molar-refractivity contribution >= 4 is 106 Å². The van der Waals surface area contributed by atoms with E-state index in [1.165, 1.54) is 70.2 Å². The summed E-state index contributed by atoms with van der Waals surface area (Å²) in [6.07, 6.45) is 19.1. The van der Waals surface area contributed by atoms with Crippen LogP contribution in [0.25, 0.3) is 90.1 Å². The summed E-state index contributed by atoms with van der Waals surface area (Å²) in [6, 6.07) is 117. The van der Waals surface area contributed by atoms with Gasteiger partial charge in [0.05, 0.1) is 64.6 Å². The number of aromatic nitrogens is 8. The Morgan fingerprint density at radius 3 is 0.660 bits per heavy atom. The SMILES string of the molecule is CC(C)Cc1cc(-c2[c-]cccc2)ncc1[Si](C)(C)C.CCCc1cc(-c2[c-]cccc2)ncc1[Si](C)(C)C.C[Si](C)(C)c1cc[c-]c(-c2ccccn2)c1.C[Si](C)(C)c1cc[c-]c(-c2ccccn2)c1.C[Si](C)(C)c1cc[c-]c(-c2ccccn2)c1.C[Si](C)(C)c1cc[c-]c(-c2ccccn2)c1.Cc1cc(-c2[c-]cccc2)ncc1[Si](C)(C)C.Cc1cc(-c2[c-]cccc2)ncc1[Si](C)(C)C.[Ir].[Ir].[Ir].[Ir]. The Hall–Kier alpha value is -8.71. The molecule has 0 atom stereocenters. The van der Waals surface area contributed by atoms with Crippen molar-refractivity contribution in [2.75, 3.05) is 0 Å². The number of hydrogen-bond acceptors (Lipinski definition) is 8. The van der Waals surface area contributed by atoms with E-state index >= 15 is 0 Å². The molecule has 8 nitrogen and oxygen atoms in total. The van der Waals surface area contributed by atoms with Gasteiger partial charge in [0.15, 0.2) is 0 Å². The van der Waals surface area contributed by atoms with Crippen molar-refractivity contribution in [2.24, 2.45) is 5.92 Å². The molecule has 0 aliphatic carbocycles. The van der Waals surface area contributed by atoms with Gasteiger partial charge < -0.3 is 39.9 Å². The Labute approximate surface area is 911 Å². The Balaban J connectivity index is 0.000000283. The Bertz CT molecular complexity index is 5910. The molecule has 16 rings (SSSR count). The average molecular weight is 2710 g/mol. The van der Waals surface area contributed by atoms with Crippen molar-refractivity contribution in [1.82, 2.24) is 39.9 Å². The molecule has 0 spiro atoms. The number of benzene rings is 8. The van der Waals surface area contributed by atoms with Crippen LogP contribution >= 0.6 is 0 Å². The van der Waals surface area contributed by atoms with Crippen molar-refractivity contribution < 1.29 is 80.4 Å². The summed E-state index contributed by atoms with van der Waals surface area (Å²) in [6.45, 7) is 67.8. The van der Waals surface area contributed by atoms with Gasteiger partial charge in [-0.3, -0.25) is 0 Å². The number of rotatable bonds is 20. The van der Waals surface area contributed by atoms with Crippen LogP contribution < -0.4 is 41.5 Å². The molecule has 0 unspecified atom stereocenters. The maximum absolute atomic E-state index is 4.69. The maximum atomic E-state index is 4.69. The van der Waals surface area contributed by atoms with Crippen molar-refractivity contribution in [3.8, 4) is 90.1 Å². The van der Waals surface area contributed by atoms with E-state index in [0.717, 1.165) is 103 Å². The van der Waals surface area contributed by atoms with Crippen molar-refractivity contribution in [2.45, 2.75) is 211 Å². The summed E-state index contributed by atoms with van der Waals surface area (Å²) in [4.78, 5) is 35.9. The molecule has 4 radical (unpaired) electrons. The van der Waals surface area contributed by atoms with Gasteiger partial charge in [0, 0.05) is 130 Å². The first-order chi connectivity index (χ1) is 64.6. The molecule has 0 fully saturated rings. The molecule has 8 aromatic heterocycles. The van der Waals surface area contributed by atoms with Crippen LogP contribution in [0.4, 0.5) is 0 Å². The predicted molar refractivity (Wildman–Crippen MR) is 614 cm³/mol. The predicted octanol–water partition coefficient (Wildman–Crippen LogP) is 27.5. The van der Waals surface area contributed by atoms with E-state index in [9.17, 15) is 0 Å². The topological polar surface area (TPSA) is 103 Å². The molecule has 16 aromatic rings. The summed E-state index contributed by atoms with van der Waals surface area (Å²) in [5.41, 5.74) is 22.5. The summed E-state index contributed by atoms with van der Waals surface area (Å²) < 4.78 is 0. The first kappa shape index (κ1) is 123. The fourth-order valence-corrected chi connectivity index (χ4v) is 26.6. The van der Waals surface area contributed by atoms with E-state index in [2.05, 4.69) is 402 Å². The van der Waals surface area contributed by atoms with Gasteiger partial charge in [-0.2, -0.15) is 0 Å². The molecule has 141 heavy (non-hydrogen) atoms. The van der Waals surface area contributed by atoms with Gasteiger partial charge in [0.2, 0.25) is 0 Å². The number of hydrogen-bond donors (Lipinski definition) is 0. The quantitative estimate of drug-likeness (QED) is 0.0549. The number of nitrogens with zero attached hydrogens (tertiary/aromatic N) is 8. The largest absolute Gasteiger partial charge is 0.305 e. The van der Waals surface area contributed by atoms with E-state index in [1.807, 2.05) is 195 Å². The smallest absolute Gasteiger partial charge is 0.0798 e. The van der Waals surface area contributed by atoms with Crippen LogP contribution in [-0.4, -0.2) is 104 Å². The van der Waals surface area contributed by atoms with Crippen LogP contribution in [0.15, 0.2) is 316 Å². The second kappa shape index (κ2) is 57.3. The first-order valence-corrected chi connectivity index (χ1v) is 76.2. The van der Waals surface area contributed by atoms with E-state index in [-0.39, 0.29) is 80.4 Å². The molecule has 0 bridgehead atoms. The van der Waals surface area contributed by atoms with Gasteiger partial charge in [-0.15, -0.1) is 284 Å². The maximum Gasteiger partial charge on any atom is 0.0798 e. The van der Waals surface area contributed by atoms with Gasteiger partial charge in [0.25, 0.3) is 0 Å². The second-order valence-corrected chi connectivity index (χ2v) is 84.0. The van der Waals surface area contributed by atoms with Gasteiger partial charge in [-0.05, 0) is 123 Å². The molecular formula is C121H146Ir4N8Si8-8. The van der Waals surface area contributed by atoms with Crippen LogP contribution in [0.5, 0.6) is 0 Å². The summed E-state index contributed by atoms with van der Waals surface area (Å²) >= 11 is 0. The fraction of sp³-hybridized carbons (Fsp3) is 0.273. The van der Waals surface area contributed by atoms with Crippen molar-refractivity contribution in [3.05, 3.63) is 387 Å². The third-order valence-corrected chi connectivity index (χ3v) is 39.5. The van der Waals surface area contributed by atoms with Gasteiger partial charge in [-0.25, -0.2) is 0 Å². The van der Waals surface area contributed by atoms with E-state index in [1.54, 1.807) is 0 Å².